The van der Waals surface area contributed by atoms with Gasteiger partial charge in [0.25, 0.3) is 0 Å². The summed E-state index contributed by atoms with van der Waals surface area (Å²) in [5.74, 6) is -2.55. The van der Waals surface area contributed by atoms with Crippen LogP contribution in [0.4, 0.5) is 15.8 Å². The van der Waals surface area contributed by atoms with Crippen LogP contribution < -0.4 is 15.5 Å². The fraction of sp³-hybridized carbons (Fsp3) is 0.423. The lowest BCUT2D eigenvalue weighted by atomic mass is 10.1. The Morgan fingerprint density at radius 1 is 1.06 bits per heavy atom. The maximum Gasteiger partial charge on any atom is 0.243 e. The van der Waals surface area contributed by atoms with E-state index in [0.29, 0.717) is 11.4 Å². The van der Waals surface area contributed by atoms with Crippen LogP contribution in [0.3, 0.4) is 0 Å². The largest absolute Gasteiger partial charge is 0.352 e. The zero-order valence-electron chi connectivity index (χ0n) is 20.3. The first-order valence-corrected chi connectivity index (χ1v) is 13.2. The van der Waals surface area contributed by atoms with Gasteiger partial charge in [-0.1, -0.05) is 25.0 Å². The molecule has 0 aromatic heterocycles. The number of halogens is 1. The molecule has 0 heterocycles. The van der Waals surface area contributed by atoms with E-state index in [2.05, 4.69) is 10.6 Å². The van der Waals surface area contributed by atoms with E-state index in [1.54, 1.807) is 13.0 Å². The number of nitrogens with zero attached hydrogens (tertiary/aromatic N) is 1. The van der Waals surface area contributed by atoms with Crippen molar-refractivity contribution in [3.05, 3.63) is 59.4 Å². The molecule has 35 heavy (non-hydrogen) atoms. The molecule has 2 aromatic rings. The highest BCUT2D eigenvalue weighted by Gasteiger charge is 2.31. The summed E-state index contributed by atoms with van der Waals surface area (Å²) >= 11 is 0. The van der Waals surface area contributed by atoms with E-state index in [0.717, 1.165) is 36.8 Å². The van der Waals surface area contributed by atoms with Crippen molar-refractivity contribution in [3.63, 3.8) is 0 Å². The Labute approximate surface area is 207 Å². The van der Waals surface area contributed by atoms with Gasteiger partial charge in [-0.25, -0.2) is 4.39 Å². The molecule has 3 amide bonds. The van der Waals surface area contributed by atoms with Crippen LogP contribution in [0.2, 0.25) is 0 Å². The van der Waals surface area contributed by atoms with Gasteiger partial charge >= 0.3 is 0 Å². The minimum atomic E-state index is -1.81. The van der Waals surface area contributed by atoms with Gasteiger partial charge in [0.05, 0.1) is 0 Å². The molecule has 0 bridgehead atoms. The Bertz CT molecular complexity index is 1100. The van der Waals surface area contributed by atoms with Gasteiger partial charge in [-0.2, -0.15) is 0 Å². The molecule has 2 aromatic carbocycles. The number of aryl methyl sites for hydroxylation is 1. The van der Waals surface area contributed by atoms with Crippen molar-refractivity contribution in [2.45, 2.75) is 58.5 Å². The van der Waals surface area contributed by atoms with E-state index >= 15 is 0 Å². The molecular weight excluding hydrogens is 469 g/mol. The summed E-state index contributed by atoms with van der Waals surface area (Å²) in [7, 11) is -1.81. The molecule has 1 aliphatic rings. The second-order valence-electron chi connectivity index (χ2n) is 8.93. The average molecular weight is 502 g/mol. The van der Waals surface area contributed by atoms with E-state index in [1.807, 2.05) is 26.0 Å². The number of amides is 3. The molecule has 2 N–H and O–H groups in total. The lowest BCUT2D eigenvalue weighted by Gasteiger charge is -2.31. The maximum absolute atomic E-state index is 13.4. The van der Waals surface area contributed by atoms with Gasteiger partial charge in [-0.05, 0) is 75.1 Å². The molecule has 0 radical (unpaired) electrons. The summed E-state index contributed by atoms with van der Waals surface area (Å²) < 4.78 is 25.8. The molecule has 0 saturated heterocycles. The zero-order valence-corrected chi connectivity index (χ0v) is 21.1. The van der Waals surface area contributed by atoms with Crippen molar-refractivity contribution >= 4 is 39.9 Å². The van der Waals surface area contributed by atoms with Gasteiger partial charge in [0.1, 0.15) is 23.4 Å². The normalized spacial score (nSPS) is 15.3. The van der Waals surface area contributed by atoms with E-state index in [9.17, 15) is 23.0 Å². The number of carbonyl (C=O) groups is 3. The Kier molecular flexibility index (Phi) is 9.14. The highest BCUT2D eigenvalue weighted by Crippen LogP contribution is 2.26. The highest BCUT2D eigenvalue weighted by atomic mass is 32.2. The Hall–Kier alpha value is -3.07. The predicted molar refractivity (Wildman–Crippen MR) is 136 cm³/mol. The molecule has 0 unspecified atom stereocenters. The predicted octanol–water partition coefficient (Wildman–Crippen LogP) is 3.61. The maximum atomic E-state index is 13.4. The molecule has 188 valence electrons. The number of hydrogen-bond acceptors (Lipinski definition) is 4. The minimum Gasteiger partial charge on any atom is -0.352 e. The Morgan fingerprint density at radius 2 is 1.71 bits per heavy atom. The number of rotatable bonds is 9. The Balaban J connectivity index is 1.72. The van der Waals surface area contributed by atoms with Crippen LogP contribution in [-0.2, 0) is 25.2 Å². The smallest absolute Gasteiger partial charge is 0.243 e. The summed E-state index contributed by atoms with van der Waals surface area (Å²) in [6.45, 7) is 5.45. The first-order chi connectivity index (χ1) is 16.7. The van der Waals surface area contributed by atoms with Crippen molar-refractivity contribution < 1.29 is 23.0 Å². The van der Waals surface area contributed by atoms with E-state index in [1.165, 1.54) is 29.2 Å². The monoisotopic (exact) mass is 501 g/mol. The second kappa shape index (κ2) is 12.1. The van der Waals surface area contributed by atoms with Crippen molar-refractivity contribution in [1.82, 2.24) is 5.32 Å². The number of hydrogen-bond donors (Lipinski definition) is 2. The lowest BCUT2D eigenvalue weighted by molar-refractivity contribution is -0.125. The van der Waals surface area contributed by atoms with Crippen molar-refractivity contribution in [2.24, 2.45) is 0 Å². The van der Waals surface area contributed by atoms with Gasteiger partial charge < -0.3 is 10.6 Å². The van der Waals surface area contributed by atoms with Crippen LogP contribution in [0, 0.1) is 19.7 Å². The van der Waals surface area contributed by atoms with Crippen LogP contribution in [0.5, 0.6) is 0 Å². The first-order valence-electron chi connectivity index (χ1n) is 11.7. The standard InChI is InChI=1S/C26H32FN3O4S/c1-17-7-6-10-23(18(17)2)30(19(3)26(33)29-21-8-4-5-9-21)25(32)16-35(34)15-24(31)28-22-13-11-20(27)12-14-22/h6-7,10-14,19,21H,4-5,8-9,15-16H2,1-3H3,(H,28,31)(H,29,33)/t19-,35+/m1/s1. The molecular formula is C26H32FN3O4S. The van der Waals surface area contributed by atoms with E-state index in [-0.39, 0.29) is 11.9 Å². The van der Waals surface area contributed by atoms with Gasteiger partial charge in [0.2, 0.25) is 17.7 Å². The summed E-state index contributed by atoms with van der Waals surface area (Å²) in [6, 6.07) is 9.99. The molecule has 9 heteroatoms. The third-order valence-electron chi connectivity index (χ3n) is 6.28. The SMILES string of the molecule is Cc1cccc(N(C(=O)C[S@@](=O)CC(=O)Nc2ccc(F)cc2)[C@H](C)C(=O)NC2CCCC2)c1C. The molecule has 1 saturated carbocycles. The highest BCUT2D eigenvalue weighted by molar-refractivity contribution is 7.86. The number of benzene rings is 2. The van der Waals surface area contributed by atoms with Crippen LogP contribution >= 0.6 is 0 Å². The van der Waals surface area contributed by atoms with E-state index < -0.39 is 46.0 Å². The van der Waals surface area contributed by atoms with Crippen molar-refractivity contribution in [1.29, 1.82) is 0 Å². The Morgan fingerprint density at radius 3 is 2.37 bits per heavy atom. The third kappa shape index (κ3) is 7.21. The minimum absolute atomic E-state index is 0.102. The summed E-state index contributed by atoms with van der Waals surface area (Å²) in [6.07, 6.45) is 3.97. The fourth-order valence-electron chi connectivity index (χ4n) is 4.20. The molecule has 1 aliphatic carbocycles. The molecule has 0 spiro atoms. The van der Waals surface area contributed by atoms with Crippen LogP contribution in [0.1, 0.15) is 43.7 Å². The van der Waals surface area contributed by atoms with Crippen molar-refractivity contribution in [2.75, 3.05) is 21.7 Å². The van der Waals surface area contributed by atoms with Crippen molar-refractivity contribution in [3.8, 4) is 0 Å². The topological polar surface area (TPSA) is 95.6 Å². The van der Waals surface area contributed by atoms with Gasteiger partial charge in [-0.3, -0.25) is 23.5 Å². The van der Waals surface area contributed by atoms with Gasteiger partial charge in [0.15, 0.2) is 0 Å². The second-order valence-corrected chi connectivity index (χ2v) is 10.4. The quantitative estimate of drug-likeness (QED) is 0.549. The number of anilines is 2. The van der Waals surface area contributed by atoms with Crippen LogP contribution in [0.25, 0.3) is 0 Å². The third-order valence-corrected chi connectivity index (χ3v) is 7.43. The average Bonchev–Trinajstić information content (AvgIpc) is 3.31. The zero-order chi connectivity index (χ0) is 25.5. The summed E-state index contributed by atoms with van der Waals surface area (Å²) in [5.41, 5.74) is 2.76. The molecule has 7 nitrogen and oxygen atoms in total. The number of nitrogens with one attached hydrogen (secondary N) is 2. The van der Waals surface area contributed by atoms with Crippen LogP contribution in [0.15, 0.2) is 42.5 Å². The summed E-state index contributed by atoms with van der Waals surface area (Å²) in [4.78, 5) is 40.1. The van der Waals surface area contributed by atoms with Crippen LogP contribution in [-0.4, -0.2) is 45.5 Å². The summed E-state index contributed by atoms with van der Waals surface area (Å²) in [5, 5.41) is 5.58. The van der Waals surface area contributed by atoms with E-state index in [4.69, 9.17) is 0 Å². The van der Waals surface area contributed by atoms with Gasteiger partial charge in [0, 0.05) is 28.2 Å². The molecule has 0 aliphatic heterocycles. The van der Waals surface area contributed by atoms with Gasteiger partial charge in [-0.15, -0.1) is 0 Å². The molecule has 1 fully saturated rings. The molecule has 2 atom stereocenters. The fourth-order valence-corrected chi connectivity index (χ4v) is 5.08. The first kappa shape index (κ1) is 26.5. The molecule has 3 rings (SSSR count). The number of carbonyl (C=O) groups excluding carboxylic acids is 3. The lowest BCUT2D eigenvalue weighted by Crippen LogP contribution is -2.51.